The van der Waals surface area contributed by atoms with Gasteiger partial charge in [0.1, 0.15) is 18.0 Å². The average Bonchev–Trinajstić information content (AvgIpc) is 2.99. The second-order valence-corrected chi connectivity index (χ2v) is 8.06. The zero-order valence-electron chi connectivity index (χ0n) is 17.4. The van der Waals surface area contributed by atoms with Crippen molar-refractivity contribution in [3.05, 3.63) is 46.8 Å². The topological polar surface area (TPSA) is 67.6 Å². The molecule has 1 aromatic heterocycles. The summed E-state index contributed by atoms with van der Waals surface area (Å²) in [4.78, 5) is 14.5. The van der Waals surface area contributed by atoms with Crippen LogP contribution in [-0.2, 0) is 18.3 Å². The highest BCUT2D eigenvalue weighted by atomic mass is 16.5. The highest BCUT2D eigenvalue weighted by Crippen LogP contribution is 2.25. The Balaban J connectivity index is 1.55. The highest BCUT2D eigenvalue weighted by Gasteiger charge is 2.36. The van der Waals surface area contributed by atoms with E-state index in [1.165, 1.54) is 5.56 Å². The second-order valence-electron chi connectivity index (χ2n) is 8.06. The van der Waals surface area contributed by atoms with Gasteiger partial charge < -0.3 is 14.7 Å². The molecular weight excluding hydrogens is 354 g/mol. The van der Waals surface area contributed by atoms with E-state index in [0.29, 0.717) is 32.4 Å². The quantitative estimate of drug-likeness (QED) is 0.830. The number of rotatable bonds is 6. The number of ether oxygens (including phenoxy) is 1. The molecule has 1 fully saturated rings. The molecule has 2 heterocycles. The first-order valence-corrected chi connectivity index (χ1v) is 9.95. The minimum Gasteiger partial charge on any atom is -0.491 e. The molecule has 1 aromatic carbocycles. The summed E-state index contributed by atoms with van der Waals surface area (Å²) in [6.07, 6.45) is 4.35. The van der Waals surface area contributed by atoms with Gasteiger partial charge in [0, 0.05) is 25.7 Å². The third-order valence-electron chi connectivity index (χ3n) is 5.84. The molecule has 6 heteroatoms. The Morgan fingerprint density at radius 1 is 1.29 bits per heavy atom. The van der Waals surface area contributed by atoms with Crippen LogP contribution in [0.5, 0.6) is 5.75 Å². The van der Waals surface area contributed by atoms with Gasteiger partial charge in [0.15, 0.2) is 0 Å². The lowest BCUT2D eigenvalue weighted by atomic mass is 9.93. The molecule has 1 atom stereocenters. The lowest BCUT2D eigenvalue weighted by Gasteiger charge is -2.39. The van der Waals surface area contributed by atoms with Crippen LogP contribution in [0.25, 0.3) is 0 Å². The average molecular weight is 386 g/mol. The lowest BCUT2D eigenvalue weighted by molar-refractivity contribution is -0.140. The normalized spacial score (nSPS) is 19.7. The monoisotopic (exact) mass is 385 g/mol. The summed E-state index contributed by atoms with van der Waals surface area (Å²) in [6.45, 7) is 7.32. The number of hydrogen-bond donors (Lipinski definition) is 1. The number of β-amino-alcohol motifs (C(OH)–C–C–N with tert-alkyl or cyclic N) is 1. The van der Waals surface area contributed by atoms with Crippen LogP contribution >= 0.6 is 0 Å². The fourth-order valence-electron chi connectivity index (χ4n) is 3.65. The van der Waals surface area contributed by atoms with Gasteiger partial charge in [0.25, 0.3) is 0 Å². The van der Waals surface area contributed by atoms with Crippen LogP contribution < -0.4 is 4.74 Å². The second kappa shape index (κ2) is 8.35. The van der Waals surface area contributed by atoms with E-state index >= 15 is 0 Å². The molecule has 152 valence electrons. The number of hydrogen-bond acceptors (Lipinski definition) is 4. The molecule has 2 aromatic rings. The Bertz CT molecular complexity index is 846. The maximum atomic E-state index is 12.7. The van der Waals surface area contributed by atoms with E-state index in [1.807, 2.05) is 50.0 Å². The van der Waals surface area contributed by atoms with Crippen LogP contribution in [0.4, 0.5) is 0 Å². The molecule has 1 unspecified atom stereocenters. The maximum absolute atomic E-state index is 12.7. The Labute approximate surface area is 167 Å². The fourth-order valence-corrected chi connectivity index (χ4v) is 3.65. The van der Waals surface area contributed by atoms with Crippen molar-refractivity contribution < 1.29 is 14.6 Å². The van der Waals surface area contributed by atoms with Crippen LogP contribution in [0, 0.1) is 20.8 Å². The van der Waals surface area contributed by atoms with Gasteiger partial charge in [-0.05, 0) is 68.9 Å². The Morgan fingerprint density at radius 3 is 2.75 bits per heavy atom. The summed E-state index contributed by atoms with van der Waals surface area (Å²) >= 11 is 0. The van der Waals surface area contributed by atoms with Gasteiger partial charge in [-0.15, -0.1) is 0 Å². The van der Waals surface area contributed by atoms with Crippen LogP contribution in [0.15, 0.2) is 24.4 Å². The van der Waals surface area contributed by atoms with Crippen LogP contribution in [0.2, 0.25) is 0 Å². The summed E-state index contributed by atoms with van der Waals surface area (Å²) in [5.74, 6) is 0.833. The van der Waals surface area contributed by atoms with E-state index in [4.69, 9.17) is 4.74 Å². The molecule has 28 heavy (non-hydrogen) atoms. The van der Waals surface area contributed by atoms with Crippen molar-refractivity contribution in [2.75, 3.05) is 19.7 Å². The van der Waals surface area contributed by atoms with Crippen LogP contribution in [-0.4, -0.2) is 51.0 Å². The third kappa shape index (κ3) is 4.73. The van der Waals surface area contributed by atoms with E-state index in [0.717, 1.165) is 29.0 Å². The number of aliphatic hydroxyl groups is 1. The highest BCUT2D eigenvalue weighted by molar-refractivity contribution is 5.76. The molecule has 6 nitrogen and oxygen atoms in total. The molecule has 1 amide bonds. The number of amides is 1. The molecule has 1 aliphatic heterocycles. The Hall–Kier alpha value is -2.34. The molecular formula is C22H31N3O3. The van der Waals surface area contributed by atoms with Gasteiger partial charge in [-0.25, -0.2) is 0 Å². The molecule has 1 N–H and O–H groups in total. The summed E-state index contributed by atoms with van der Waals surface area (Å²) in [6, 6.07) is 5.93. The molecule has 0 aliphatic carbocycles. The maximum Gasteiger partial charge on any atom is 0.223 e. The molecule has 3 rings (SSSR count). The first-order chi connectivity index (χ1) is 13.3. The third-order valence-corrected chi connectivity index (χ3v) is 5.84. The van der Waals surface area contributed by atoms with E-state index < -0.39 is 5.60 Å². The van der Waals surface area contributed by atoms with Crippen molar-refractivity contribution >= 4 is 5.91 Å². The molecule has 0 bridgehead atoms. The molecule has 1 saturated heterocycles. The summed E-state index contributed by atoms with van der Waals surface area (Å²) < 4.78 is 7.68. The number of carbonyl (C=O) groups is 1. The fraction of sp³-hybridized carbons (Fsp3) is 0.545. The van der Waals surface area contributed by atoms with Crippen molar-refractivity contribution in [3.63, 3.8) is 0 Å². The Kier molecular flexibility index (Phi) is 6.08. The van der Waals surface area contributed by atoms with Crippen LogP contribution in [0.3, 0.4) is 0 Å². The van der Waals surface area contributed by atoms with Gasteiger partial charge in [0.2, 0.25) is 5.91 Å². The van der Waals surface area contributed by atoms with Crippen molar-refractivity contribution in [3.8, 4) is 5.75 Å². The number of aromatic nitrogens is 2. The zero-order valence-corrected chi connectivity index (χ0v) is 17.4. The molecule has 0 radical (unpaired) electrons. The smallest absolute Gasteiger partial charge is 0.223 e. The van der Waals surface area contributed by atoms with Crippen molar-refractivity contribution in [1.29, 1.82) is 0 Å². The molecule has 0 saturated carbocycles. The summed E-state index contributed by atoms with van der Waals surface area (Å²) in [7, 11) is 1.90. The Morgan fingerprint density at radius 2 is 2.07 bits per heavy atom. The molecule has 0 spiro atoms. The zero-order chi connectivity index (χ0) is 20.3. The standard InChI is InChI=1S/C22H31N3O3/c1-16-6-8-20(12-17(16)2)28-15-22(27)10-5-11-25(14-22)21(26)9-7-19-13-23-24(4)18(19)3/h6,8,12-13,27H,5,7,9-11,14-15H2,1-4H3. The first-order valence-electron chi connectivity index (χ1n) is 9.95. The van der Waals surface area contributed by atoms with Gasteiger partial charge in [-0.2, -0.15) is 5.10 Å². The predicted octanol–water partition coefficient (Wildman–Crippen LogP) is 2.71. The summed E-state index contributed by atoms with van der Waals surface area (Å²) in [5, 5.41) is 15.2. The minimum absolute atomic E-state index is 0.0764. The van der Waals surface area contributed by atoms with E-state index in [1.54, 1.807) is 4.90 Å². The molecule has 1 aliphatic rings. The van der Waals surface area contributed by atoms with Crippen molar-refractivity contribution in [2.24, 2.45) is 7.05 Å². The van der Waals surface area contributed by atoms with E-state index in [2.05, 4.69) is 12.0 Å². The first kappa shape index (κ1) is 20.4. The van der Waals surface area contributed by atoms with Gasteiger partial charge in [-0.3, -0.25) is 9.48 Å². The number of carbonyl (C=O) groups excluding carboxylic acids is 1. The number of likely N-dealkylation sites (tertiary alicyclic amines) is 1. The largest absolute Gasteiger partial charge is 0.491 e. The van der Waals surface area contributed by atoms with Crippen molar-refractivity contribution in [2.45, 2.75) is 52.1 Å². The van der Waals surface area contributed by atoms with Crippen molar-refractivity contribution in [1.82, 2.24) is 14.7 Å². The SMILES string of the molecule is Cc1ccc(OCC2(O)CCCN(C(=O)CCc3cnn(C)c3C)C2)cc1C. The van der Waals surface area contributed by atoms with Gasteiger partial charge in [-0.1, -0.05) is 6.07 Å². The summed E-state index contributed by atoms with van der Waals surface area (Å²) in [5.41, 5.74) is 3.56. The van der Waals surface area contributed by atoms with Gasteiger partial charge in [0.05, 0.1) is 12.7 Å². The number of benzene rings is 1. The van der Waals surface area contributed by atoms with E-state index in [9.17, 15) is 9.90 Å². The number of nitrogens with zero attached hydrogens (tertiary/aromatic N) is 3. The number of aryl methyl sites for hydroxylation is 4. The van der Waals surface area contributed by atoms with Crippen LogP contribution in [0.1, 0.15) is 41.6 Å². The minimum atomic E-state index is -1.00. The van der Waals surface area contributed by atoms with E-state index in [-0.39, 0.29) is 12.5 Å². The van der Waals surface area contributed by atoms with Gasteiger partial charge >= 0.3 is 0 Å². The number of piperidine rings is 1. The lowest BCUT2D eigenvalue weighted by Crippen LogP contribution is -2.53. The predicted molar refractivity (Wildman–Crippen MR) is 108 cm³/mol.